The fraction of sp³-hybridized carbons (Fsp3) is 0.579. The molecule has 5 heteroatoms. The maximum atomic E-state index is 12.3. The molecule has 130 valence electrons. The standard InChI is InChI=1S/C19H26N2O3/c1-13(2)18-16(5-4-10-23-18)12-21-19(22)14(3)24-17-8-6-15(11-20)7-9-17/h6-9,13-14,16,18H,4-5,10,12H2,1-3H3,(H,21,22). The van der Waals surface area contributed by atoms with Crippen LogP contribution in [0.4, 0.5) is 0 Å². The first kappa shape index (κ1) is 18.3. The van der Waals surface area contributed by atoms with Crippen LogP contribution in [0.5, 0.6) is 5.75 Å². The maximum absolute atomic E-state index is 12.3. The summed E-state index contributed by atoms with van der Waals surface area (Å²) in [7, 11) is 0. The summed E-state index contributed by atoms with van der Waals surface area (Å²) in [6, 6.07) is 8.80. The fourth-order valence-electron chi connectivity index (χ4n) is 3.06. The van der Waals surface area contributed by atoms with Crippen LogP contribution in [0.3, 0.4) is 0 Å². The van der Waals surface area contributed by atoms with Crippen LogP contribution in [0.1, 0.15) is 39.2 Å². The minimum absolute atomic E-state index is 0.132. The predicted molar refractivity (Wildman–Crippen MR) is 91.6 cm³/mol. The average Bonchev–Trinajstić information content (AvgIpc) is 2.60. The molecule has 1 aromatic rings. The van der Waals surface area contributed by atoms with Crippen molar-refractivity contribution in [3.05, 3.63) is 29.8 Å². The lowest BCUT2D eigenvalue weighted by molar-refractivity contribution is -0.128. The molecule has 0 saturated carbocycles. The summed E-state index contributed by atoms with van der Waals surface area (Å²) in [5.41, 5.74) is 0.566. The van der Waals surface area contributed by atoms with E-state index in [4.69, 9.17) is 14.7 Å². The normalized spacial score (nSPS) is 21.8. The minimum atomic E-state index is -0.583. The average molecular weight is 330 g/mol. The van der Waals surface area contributed by atoms with E-state index in [9.17, 15) is 4.79 Å². The highest BCUT2D eigenvalue weighted by atomic mass is 16.5. The topological polar surface area (TPSA) is 71.3 Å². The molecule has 1 saturated heterocycles. The molecule has 0 spiro atoms. The lowest BCUT2D eigenvalue weighted by Gasteiger charge is -2.34. The van der Waals surface area contributed by atoms with E-state index in [1.54, 1.807) is 31.2 Å². The Balaban J connectivity index is 1.83. The van der Waals surface area contributed by atoms with Crippen molar-refractivity contribution in [3.8, 4) is 11.8 Å². The Hall–Kier alpha value is -2.06. The highest BCUT2D eigenvalue weighted by Gasteiger charge is 2.29. The summed E-state index contributed by atoms with van der Waals surface area (Å²) >= 11 is 0. The number of rotatable bonds is 6. The van der Waals surface area contributed by atoms with Crippen molar-refractivity contribution in [2.24, 2.45) is 11.8 Å². The van der Waals surface area contributed by atoms with Crippen LogP contribution in [0.15, 0.2) is 24.3 Å². The Morgan fingerprint density at radius 2 is 2.08 bits per heavy atom. The maximum Gasteiger partial charge on any atom is 0.260 e. The van der Waals surface area contributed by atoms with Crippen LogP contribution >= 0.6 is 0 Å². The molecule has 1 amide bonds. The number of hydrogen-bond donors (Lipinski definition) is 1. The number of benzene rings is 1. The largest absolute Gasteiger partial charge is 0.481 e. The molecule has 1 aliphatic rings. The Morgan fingerprint density at radius 1 is 1.38 bits per heavy atom. The monoisotopic (exact) mass is 330 g/mol. The third-order valence-corrected chi connectivity index (χ3v) is 4.36. The van der Waals surface area contributed by atoms with Gasteiger partial charge < -0.3 is 14.8 Å². The van der Waals surface area contributed by atoms with Gasteiger partial charge in [0.25, 0.3) is 5.91 Å². The molecule has 3 atom stereocenters. The Morgan fingerprint density at radius 3 is 2.71 bits per heavy atom. The van der Waals surface area contributed by atoms with Gasteiger partial charge in [0.2, 0.25) is 0 Å². The van der Waals surface area contributed by atoms with Gasteiger partial charge >= 0.3 is 0 Å². The molecule has 5 nitrogen and oxygen atoms in total. The molecule has 3 unspecified atom stereocenters. The van der Waals surface area contributed by atoms with Gasteiger partial charge in [-0.1, -0.05) is 13.8 Å². The molecule has 0 bridgehead atoms. The van der Waals surface area contributed by atoms with Crippen molar-refractivity contribution in [2.45, 2.75) is 45.8 Å². The molecule has 1 aliphatic heterocycles. The molecule has 0 aliphatic carbocycles. The third kappa shape index (κ3) is 4.97. The highest BCUT2D eigenvalue weighted by molar-refractivity contribution is 5.80. The van der Waals surface area contributed by atoms with Gasteiger partial charge in [-0.2, -0.15) is 5.26 Å². The molecule has 24 heavy (non-hydrogen) atoms. The van der Waals surface area contributed by atoms with E-state index in [2.05, 4.69) is 25.2 Å². The van der Waals surface area contributed by atoms with E-state index in [0.717, 1.165) is 19.4 Å². The van der Waals surface area contributed by atoms with Crippen LogP contribution in [-0.2, 0) is 9.53 Å². The summed E-state index contributed by atoms with van der Waals surface area (Å²) < 4.78 is 11.5. The first-order valence-electron chi connectivity index (χ1n) is 8.57. The number of nitrogens with zero attached hydrogens (tertiary/aromatic N) is 1. The Kier molecular flexibility index (Phi) is 6.62. The quantitative estimate of drug-likeness (QED) is 0.870. The van der Waals surface area contributed by atoms with Crippen LogP contribution < -0.4 is 10.1 Å². The van der Waals surface area contributed by atoms with Gasteiger partial charge in [0.15, 0.2) is 6.10 Å². The summed E-state index contributed by atoms with van der Waals surface area (Å²) in [5.74, 6) is 1.24. The molecule has 2 rings (SSSR count). The van der Waals surface area contributed by atoms with Gasteiger partial charge in [0.1, 0.15) is 5.75 Å². The van der Waals surface area contributed by atoms with Crippen LogP contribution in [0, 0.1) is 23.2 Å². The van der Waals surface area contributed by atoms with Crippen LogP contribution in [0.2, 0.25) is 0 Å². The second-order valence-electron chi connectivity index (χ2n) is 6.62. The smallest absolute Gasteiger partial charge is 0.260 e. The van der Waals surface area contributed by atoms with Crippen molar-refractivity contribution in [1.82, 2.24) is 5.32 Å². The molecule has 0 aromatic heterocycles. The molecule has 1 fully saturated rings. The van der Waals surface area contributed by atoms with Gasteiger partial charge in [-0.05, 0) is 49.9 Å². The molecule has 0 radical (unpaired) electrons. The number of carbonyl (C=O) groups excluding carboxylic acids is 1. The number of hydrogen-bond acceptors (Lipinski definition) is 4. The molecule has 1 N–H and O–H groups in total. The number of nitrogens with one attached hydrogen (secondary N) is 1. The summed E-state index contributed by atoms with van der Waals surface area (Å²) in [6.45, 7) is 7.46. The van der Waals surface area contributed by atoms with Gasteiger partial charge in [-0.3, -0.25) is 4.79 Å². The molecular weight excluding hydrogens is 304 g/mol. The fourth-order valence-corrected chi connectivity index (χ4v) is 3.06. The summed E-state index contributed by atoms with van der Waals surface area (Å²) in [6.07, 6.45) is 1.74. The predicted octanol–water partition coefficient (Wildman–Crippen LogP) is 2.89. The Labute approximate surface area is 144 Å². The van der Waals surface area contributed by atoms with Crippen molar-refractivity contribution >= 4 is 5.91 Å². The molecule has 1 heterocycles. The molecular formula is C19H26N2O3. The third-order valence-electron chi connectivity index (χ3n) is 4.36. The van der Waals surface area contributed by atoms with Crippen molar-refractivity contribution in [1.29, 1.82) is 5.26 Å². The second kappa shape index (κ2) is 8.70. The second-order valence-corrected chi connectivity index (χ2v) is 6.62. The van der Waals surface area contributed by atoms with E-state index >= 15 is 0 Å². The van der Waals surface area contributed by atoms with Gasteiger partial charge in [0, 0.05) is 19.1 Å². The number of amides is 1. The number of nitriles is 1. The van der Waals surface area contributed by atoms with Crippen molar-refractivity contribution in [3.63, 3.8) is 0 Å². The SMILES string of the molecule is CC(Oc1ccc(C#N)cc1)C(=O)NCC1CCCOC1C(C)C. The molecule has 1 aromatic carbocycles. The summed E-state index contributed by atoms with van der Waals surface area (Å²) in [4.78, 5) is 12.3. The van der Waals surface area contributed by atoms with E-state index in [0.29, 0.717) is 29.7 Å². The van der Waals surface area contributed by atoms with Crippen molar-refractivity contribution in [2.75, 3.05) is 13.2 Å². The number of carbonyl (C=O) groups is 1. The van der Waals surface area contributed by atoms with E-state index in [1.807, 2.05) is 0 Å². The van der Waals surface area contributed by atoms with E-state index in [-0.39, 0.29) is 12.0 Å². The Bertz CT molecular complexity index is 577. The lowest BCUT2D eigenvalue weighted by atomic mass is 9.87. The zero-order valence-electron chi connectivity index (χ0n) is 14.6. The van der Waals surface area contributed by atoms with Gasteiger partial charge in [-0.25, -0.2) is 0 Å². The lowest BCUT2D eigenvalue weighted by Crippen LogP contribution is -2.44. The van der Waals surface area contributed by atoms with Gasteiger partial charge in [-0.15, -0.1) is 0 Å². The number of ether oxygens (including phenoxy) is 2. The minimum Gasteiger partial charge on any atom is -0.481 e. The van der Waals surface area contributed by atoms with E-state index < -0.39 is 6.10 Å². The van der Waals surface area contributed by atoms with Crippen molar-refractivity contribution < 1.29 is 14.3 Å². The first-order valence-corrected chi connectivity index (χ1v) is 8.57. The zero-order chi connectivity index (χ0) is 17.5. The highest BCUT2D eigenvalue weighted by Crippen LogP contribution is 2.25. The summed E-state index contributed by atoms with van der Waals surface area (Å²) in [5, 5.41) is 11.8. The first-order chi connectivity index (χ1) is 11.5. The van der Waals surface area contributed by atoms with Gasteiger partial charge in [0.05, 0.1) is 17.7 Å². The van der Waals surface area contributed by atoms with E-state index in [1.165, 1.54) is 0 Å². The zero-order valence-corrected chi connectivity index (χ0v) is 14.6. The van der Waals surface area contributed by atoms with Crippen LogP contribution in [0.25, 0.3) is 0 Å². The van der Waals surface area contributed by atoms with Crippen LogP contribution in [-0.4, -0.2) is 31.3 Å².